The van der Waals surface area contributed by atoms with Gasteiger partial charge in [0, 0.05) is 22.3 Å². The molecule has 0 aliphatic rings. The summed E-state index contributed by atoms with van der Waals surface area (Å²) in [5.74, 6) is 0.433. The van der Waals surface area contributed by atoms with Crippen LogP contribution in [0, 0.1) is 13.8 Å². The average Bonchev–Trinajstić information content (AvgIpc) is 3.59. The lowest BCUT2D eigenvalue weighted by Gasteiger charge is -2.17. The molecule has 8 nitrogen and oxygen atoms in total. The van der Waals surface area contributed by atoms with E-state index >= 15 is 0 Å². The highest BCUT2D eigenvalue weighted by Gasteiger charge is 2.31. The quantitative estimate of drug-likeness (QED) is 0.197. The van der Waals surface area contributed by atoms with E-state index in [1.807, 2.05) is 53.3 Å². The molecule has 2 aromatic heterocycles. The van der Waals surface area contributed by atoms with Crippen molar-refractivity contribution in [3.05, 3.63) is 111 Å². The number of ether oxygens (including phenoxy) is 1. The summed E-state index contributed by atoms with van der Waals surface area (Å²) in [5, 5.41) is 9.27. The Morgan fingerprint density at radius 2 is 1.76 bits per heavy atom. The van der Waals surface area contributed by atoms with Crippen LogP contribution in [0.2, 0.25) is 0 Å². The lowest BCUT2D eigenvalue weighted by molar-refractivity contribution is -0.274. The Labute approximate surface area is 262 Å². The number of nitrogens with zero attached hydrogens (tertiary/aromatic N) is 5. The van der Waals surface area contributed by atoms with Crippen molar-refractivity contribution < 1.29 is 22.7 Å². The standard InChI is InChI=1S/C33H31F3N6O2S/c1-20(2)29-21(3)7-6-8-28(29)42-23(5)18-45-32(42)39-31(43)38-22(4)17-24-9-11-25(12-10-24)30-37-19-41(40-30)26-13-15-27(16-14-26)44-33(34,35)36/h6-20H,1-5H3,(H,38,43)/b22-17+,39-32?. The van der Waals surface area contributed by atoms with Gasteiger partial charge in [-0.15, -0.1) is 29.6 Å². The van der Waals surface area contributed by atoms with Crippen molar-refractivity contribution in [3.8, 4) is 28.5 Å². The van der Waals surface area contributed by atoms with Gasteiger partial charge in [-0.3, -0.25) is 4.57 Å². The van der Waals surface area contributed by atoms with Gasteiger partial charge in [0.2, 0.25) is 0 Å². The maximum Gasteiger partial charge on any atom is 0.573 e. The summed E-state index contributed by atoms with van der Waals surface area (Å²) >= 11 is 1.41. The number of hydrogen-bond donors (Lipinski definition) is 1. The molecule has 0 atom stereocenters. The molecule has 0 saturated carbocycles. The summed E-state index contributed by atoms with van der Waals surface area (Å²) in [5.41, 5.74) is 7.18. The summed E-state index contributed by atoms with van der Waals surface area (Å²) in [6.07, 6.45) is -1.44. The number of amides is 2. The molecular weight excluding hydrogens is 601 g/mol. The fourth-order valence-electron chi connectivity index (χ4n) is 4.99. The van der Waals surface area contributed by atoms with E-state index in [-0.39, 0.29) is 5.75 Å². The average molecular weight is 633 g/mol. The van der Waals surface area contributed by atoms with Crippen LogP contribution in [0.3, 0.4) is 0 Å². The first-order chi connectivity index (χ1) is 21.4. The van der Waals surface area contributed by atoms with Gasteiger partial charge in [0.05, 0.1) is 11.4 Å². The van der Waals surface area contributed by atoms with Gasteiger partial charge in [-0.1, -0.05) is 50.2 Å². The summed E-state index contributed by atoms with van der Waals surface area (Å²) in [4.78, 5) is 22.2. The second-order valence-electron chi connectivity index (χ2n) is 10.7. The van der Waals surface area contributed by atoms with Gasteiger partial charge in [-0.2, -0.15) is 4.99 Å². The van der Waals surface area contributed by atoms with Crippen LogP contribution in [0.4, 0.5) is 18.0 Å². The summed E-state index contributed by atoms with van der Waals surface area (Å²) in [6.45, 7) is 10.2. The molecule has 5 aromatic rings. The zero-order valence-corrected chi connectivity index (χ0v) is 26.1. The van der Waals surface area contributed by atoms with Crippen molar-refractivity contribution in [2.24, 2.45) is 4.99 Å². The van der Waals surface area contributed by atoms with Crippen LogP contribution in [0.1, 0.15) is 49.1 Å². The van der Waals surface area contributed by atoms with E-state index in [2.05, 4.69) is 58.0 Å². The first kappa shape index (κ1) is 31.5. The Hall–Kier alpha value is -4.97. The van der Waals surface area contributed by atoms with Crippen molar-refractivity contribution in [3.63, 3.8) is 0 Å². The van der Waals surface area contributed by atoms with Crippen molar-refractivity contribution in [2.45, 2.75) is 46.9 Å². The molecule has 3 aromatic carbocycles. The van der Waals surface area contributed by atoms with Gasteiger partial charge in [0.1, 0.15) is 12.1 Å². The van der Waals surface area contributed by atoms with E-state index in [4.69, 9.17) is 0 Å². The Bertz CT molecular complexity index is 1920. The monoisotopic (exact) mass is 632 g/mol. The fraction of sp³-hybridized carbons (Fsp3) is 0.212. The molecule has 12 heteroatoms. The van der Waals surface area contributed by atoms with Gasteiger partial charge < -0.3 is 10.1 Å². The lowest BCUT2D eigenvalue weighted by atomic mass is 9.96. The molecule has 5 rings (SSSR count). The molecule has 0 radical (unpaired) electrons. The lowest BCUT2D eigenvalue weighted by Crippen LogP contribution is -2.24. The van der Waals surface area contributed by atoms with E-state index in [9.17, 15) is 18.0 Å². The predicted octanol–water partition coefficient (Wildman–Crippen LogP) is 8.10. The molecule has 0 fully saturated rings. The normalized spacial score (nSPS) is 12.6. The number of benzene rings is 3. The first-order valence-corrected chi connectivity index (χ1v) is 15.0. The number of aryl methyl sites for hydroxylation is 2. The third kappa shape index (κ3) is 7.58. The number of carbonyl (C=O) groups is 1. The van der Waals surface area contributed by atoms with Crippen molar-refractivity contribution in [2.75, 3.05) is 0 Å². The zero-order valence-electron chi connectivity index (χ0n) is 25.3. The number of allylic oxidation sites excluding steroid dienone is 1. The van der Waals surface area contributed by atoms with E-state index in [0.717, 1.165) is 22.5 Å². The van der Waals surface area contributed by atoms with Crippen LogP contribution >= 0.6 is 11.3 Å². The molecule has 45 heavy (non-hydrogen) atoms. The van der Waals surface area contributed by atoms with Gasteiger partial charge in [0.15, 0.2) is 10.6 Å². The molecule has 0 aliphatic heterocycles. The Morgan fingerprint density at radius 3 is 2.42 bits per heavy atom. The highest BCUT2D eigenvalue weighted by atomic mass is 32.1. The molecule has 0 bridgehead atoms. The predicted molar refractivity (Wildman–Crippen MR) is 168 cm³/mol. The Kier molecular flexibility index (Phi) is 9.05. The van der Waals surface area contributed by atoms with Crippen molar-refractivity contribution in [1.82, 2.24) is 24.6 Å². The van der Waals surface area contributed by atoms with Crippen LogP contribution in [0.15, 0.2) is 89.1 Å². The summed E-state index contributed by atoms with van der Waals surface area (Å²) < 4.78 is 44.7. The second kappa shape index (κ2) is 12.9. The molecule has 2 heterocycles. The molecule has 2 amide bonds. The van der Waals surface area contributed by atoms with E-state index in [0.29, 0.717) is 27.9 Å². The van der Waals surface area contributed by atoms with E-state index in [1.54, 1.807) is 6.92 Å². The molecular formula is C33H31F3N6O2S. The maximum absolute atomic E-state index is 12.9. The SMILES string of the molecule is C/C(=C\c1ccc(-c2ncn(-c3ccc(OC(F)(F)F)cc3)n2)cc1)NC(=O)N=c1scc(C)n1-c1cccc(C)c1C(C)C. The van der Waals surface area contributed by atoms with Crippen LogP contribution in [0.25, 0.3) is 28.8 Å². The topological polar surface area (TPSA) is 86.3 Å². The minimum Gasteiger partial charge on any atom is -0.406 e. The number of nitrogens with one attached hydrogen (secondary N) is 1. The van der Waals surface area contributed by atoms with Crippen LogP contribution in [0.5, 0.6) is 5.75 Å². The van der Waals surface area contributed by atoms with E-state index in [1.165, 1.54) is 57.7 Å². The third-order valence-electron chi connectivity index (χ3n) is 6.88. The second-order valence-corrected chi connectivity index (χ2v) is 11.5. The fourth-order valence-corrected chi connectivity index (χ4v) is 5.86. The number of hydrogen-bond acceptors (Lipinski definition) is 5. The van der Waals surface area contributed by atoms with Gasteiger partial charge in [-0.05, 0) is 79.8 Å². The molecule has 0 aliphatic carbocycles. The molecule has 0 spiro atoms. The summed E-state index contributed by atoms with van der Waals surface area (Å²) in [6, 6.07) is 18.5. The summed E-state index contributed by atoms with van der Waals surface area (Å²) in [7, 11) is 0. The highest BCUT2D eigenvalue weighted by molar-refractivity contribution is 7.07. The first-order valence-electron chi connectivity index (χ1n) is 14.1. The van der Waals surface area contributed by atoms with Gasteiger partial charge in [0.25, 0.3) is 0 Å². The largest absolute Gasteiger partial charge is 0.573 e. The number of thiazole rings is 1. The smallest absolute Gasteiger partial charge is 0.406 e. The van der Waals surface area contributed by atoms with Crippen molar-refractivity contribution in [1.29, 1.82) is 0 Å². The number of aromatic nitrogens is 4. The number of urea groups is 1. The van der Waals surface area contributed by atoms with Gasteiger partial charge in [-0.25, -0.2) is 14.5 Å². The third-order valence-corrected chi connectivity index (χ3v) is 7.82. The molecule has 0 unspecified atom stereocenters. The van der Waals surface area contributed by atoms with Crippen LogP contribution in [-0.4, -0.2) is 31.7 Å². The Balaban J connectivity index is 1.28. The number of alkyl halides is 3. The molecule has 1 N–H and O–H groups in total. The highest BCUT2D eigenvalue weighted by Crippen LogP contribution is 2.27. The number of halogens is 3. The molecule has 232 valence electrons. The number of carbonyl (C=O) groups excluding carboxylic acids is 1. The van der Waals surface area contributed by atoms with Crippen molar-refractivity contribution >= 4 is 23.4 Å². The minimum absolute atomic E-state index is 0.306. The minimum atomic E-state index is -4.75. The zero-order chi connectivity index (χ0) is 32.3. The van der Waals surface area contributed by atoms with E-state index < -0.39 is 12.4 Å². The molecule has 0 saturated heterocycles. The maximum atomic E-state index is 12.9. The van der Waals surface area contributed by atoms with Gasteiger partial charge >= 0.3 is 12.4 Å². The number of rotatable bonds is 7. The van der Waals surface area contributed by atoms with Crippen LogP contribution < -0.4 is 14.9 Å². The van der Waals surface area contributed by atoms with Crippen LogP contribution in [-0.2, 0) is 0 Å². The Morgan fingerprint density at radius 1 is 1.04 bits per heavy atom.